The lowest BCUT2D eigenvalue weighted by Gasteiger charge is -2.02. The third-order valence-corrected chi connectivity index (χ3v) is 3.03. The fourth-order valence-electron chi connectivity index (χ4n) is 2.03. The third-order valence-electron chi connectivity index (χ3n) is 3.03. The number of carbonyl (C=O) groups excluding carboxylic acids is 1. The van der Waals surface area contributed by atoms with Crippen molar-refractivity contribution in [2.45, 2.75) is 6.92 Å². The van der Waals surface area contributed by atoms with Crippen LogP contribution < -0.4 is 0 Å². The highest BCUT2D eigenvalue weighted by molar-refractivity contribution is 5.86. The molecule has 5 nitrogen and oxygen atoms in total. The maximum atomic E-state index is 11.3. The summed E-state index contributed by atoms with van der Waals surface area (Å²) >= 11 is 0. The fraction of sp³-hybridized carbons (Fsp3) is 0.0667. The van der Waals surface area contributed by atoms with Gasteiger partial charge in [0.05, 0.1) is 5.56 Å². The molecule has 0 N–H and O–H groups in total. The first-order valence-electron chi connectivity index (χ1n) is 6.18. The van der Waals surface area contributed by atoms with E-state index in [0.717, 1.165) is 17.4 Å². The number of hydrogen-bond acceptors (Lipinski definition) is 4. The molecule has 2 heterocycles. The Kier molecular flexibility index (Phi) is 3.09. The van der Waals surface area contributed by atoms with Gasteiger partial charge in [0.15, 0.2) is 6.29 Å². The van der Waals surface area contributed by atoms with Gasteiger partial charge in [-0.15, -0.1) is 0 Å². The van der Waals surface area contributed by atoms with Crippen LogP contribution in [0.5, 0.6) is 0 Å². The minimum atomic E-state index is 0.440. The van der Waals surface area contributed by atoms with Crippen LogP contribution in [-0.4, -0.2) is 26.0 Å². The SMILES string of the molecule is Cc1ccccc1-c1nn(-c2ncccn2)cc1C=O. The molecule has 0 atom stereocenters. The third kappa shape index (κ3) is 2.09. The number of rotatable bonds is 3. The fourth-order valence-corrected chi connectivity index (χ4v) is 2.03. The molecule has 0 amide bonds. The van der Waals surface area contributed by atoms with Crippen molar-refractivity contribution in [3.05, 3.63) is 60.0 Å². The largest absolute Gasteiger partial charge is 0.298 e. The molecule has 0 bridgehead atoms. The zero-order valence-electron chi connectivity index (χ0n) is 10.9. The molecule has 0 saturated heterocycles. The van der Waals surface area contributed by atoms with Crippen LogP contribution in [-0.2, 0) is 0 Å². The summed E-state index contributed by atoms with van der Waals surface area (Å²) in [6.45, 7) is 1.99. The summed E-state index contributed by atoms with van der Waals surface area (Å²) in [6, 6.07) is 9.55. The maximum absolute atomic E-state index is 11.3. The van der Waals surface area contributed by atoms with Crippen LogP contribution in [0.15, 0.2) is 48.9 Å². The van der Waals surface area contributed by atoms with E-state index in [1.807, 2.05) is 31.2 Å². The van der Waals surface area contributed by atoms with Crippen LogP contribution in [0.1, 0.15) is 15.9 Å². The van der Waals surface area contributed by atoms with Gasteiger partial charge in [-0.2, -0.15) is 5.10 Å². The second kappa shape index (κ2) is 5.05. The zero-order valence-corrected chi connectivity index (χ0v) is 10.9. The second-order valence-corrected chi connectivity index (χ2v) is 4.36. The lowest BCUT2D eigenvalue weighted by molar-refractivity contribution is 0.112. The second-order valence-electron chi connectivity index (χ2n) is 4.36. The number of hydrogen-bond donors (Lipinski definition) is 0. The monoisotopic (exact) mass is 264 g/mol. The molecule has 20 heavy (non-hydrogen) atoms. The van der Waals surface area contributed by atoms with E-state index in [2.05, 4.69) is 15.1 Å². The van der Waals surface area contributed by atoms with E-state index >= 15 is 0 Å². The van der Waals surface area contributed by atoms with Crippen LogP contribution in [0, 0.1) is 6.92 Å². The normalized spacial score (nSPS) is 10.4. The van der Waals surface area contributed by atoms with Gasteiger partial charge < -0.3 is 0 Å². The molecule has 0 unspecified atom stereocenters. The lowest BCUT2D eigenvalue weighted by atomic mass is 10.0. The van der Waals surface area contributed by atoms with Crippen molar-refractivity contribution in [2.24, 2.45) is 0 Å². The smallest absolute Gasteiger partial charge is 0.250 e. The van der Waals surface area contributed by atoms with E-state index in [4.69, 9.17) is 0 Å². The van der Waals surface area contributed by atoms with Crippen LogP contribution in [0.4, 0.5) is 0 Å². The first kappa shape index (κ1) is 12.2. The van der Waals surface area contributed by atoms with Gasteiger partial charge in [-0.05, 0) is 18.6 Å². The van der Waals surface area contributed by atoms with Crippen LogP contribution in [0.2, 0.25) is 0 Å². The standard InChI is InChI=1S/C15H12N4O/c1-11-5-2-3-6-13(11)14-12(10-20)9-19(18-14)15-16-7-4-8-17-15/h2-10H,1H3. The summed E-state index contributed by atoms with van der Waals surface area (Å²) in [5, 5.41) is 4.44. The first-order valence-corrected chi connectivity index (χ1v) is 6.18. The van der Waals surface area contributed by atoms with Crippen molar-refractivity contribution in [1.29, 1.82) is 0 Å². The highest BCUT2D eigenvalue weighted by Crippen LogP contribution is 2.24. The van der Waals surface area contributed by atoms with E-state index < -0.39 is 0 Å². The Hall–Kier alpha value is -2.82. The quantitative estimate of drug-likeness (QED) is 0.682. The van der Waals surface area contributed by atoms with Crippen LogP contribution >= 0.6 is 0 Å². The van der Waals surface area contributed by atoms with Gasteiger partial charge in [0.1, 0.15) is 5.69 Å². The molecule has 0 aliphatic rings. The number of aromatic nitrogens is 4. The number of nitrogens with zero attached hydrogens (tertiary/aromatic N) is 4. The number of aryl methyl sites for hydroxylation is 1. The summed E-state index contributed by atoms with van der Waals surface area (Å²) in [5.41, 5.74) is 3.16. The zero-order chi connectivity index (χ0) is 13.9. The summed E-state index contributed by atoms with van der Waals surface area (Å²) in [4.78, 5) is 19.5. The molecule has 0 spiro atoms. The Balaban J connectivity index is 2.16. The maximum Gasteiger partial charge on any atom is 0.250 e. The van der Waals surface area contributed by atoms with Gasteiger partial charge in [-0.1, -0.05) is 24.3 Å². The first-order chi connectivity index (χ1) is 9.79. The van der Waals surface area contributed by atoms with Gasteiger partial charge >= 0.3 is 0 Å². The van der Waals surface area contributed by atoms with Crippen LogP contribution in [0.25, 0.3) is 17.2 Å². The van der Waals surface area contributed by atoms with E-state index in [9.17, 15) is 4.79 Å². The van der Waals surface area contributed by atoms with Gasteiger partial charge in [0, 0.05) is 24.2 Å². The average Bonchev–Trinajstić information content (AvgIpc) is 2.93. The summed E-state index contributed by atoms with van der Waals surface area (Å²) in [5.74, 6) is 0.440. The number of aldehydes is 1. The van der Waals surface area contributed by atoms with E-state index in [1.165, 1.54) is 4.68 Å². The predicted molar refractivity (Wildman–Crippen MR) is 74.7 cm³/mol. The predicted octanol–water partition coefficient (Wildman–Crippen LogP) is 2.45. The van der Waals surface area contributed by atoms with E-state index in [0.29, 0.717) is 17.2 Å². The van der Waals surface area contributed by atoms with Gasteiger partial charge in [-0.3, -0.25) is 4.79 Å². The molecule has 3 rings (SSSR count). The molecule has 98 valence electrons. The molecular formula is C15H12N4O. The molecule has 0 aliphatic heterocycles. The minimum absolute atomic E-state index is 0.440. The molecule has 0 saturated carbocycles. The molecule has 3 aromatic rings. The Morgan fingerprint density at radius 1 is 1.10 bits per heavy atom. The van der Waals surface area contributed by atoms with Crippen molar-refractivity contribution < 1.29 is 4.79 Å². The number of benzene rings is 1. The van der Waals surface area contributed by atoms with Crippen molar-refractivity contribution >= 4 is 6.29 Å². The summed E-state index contributed by atoms with van der Waals surface area (Å²) in [7, 11) is 0. The Bertz CT molecular complexity index is 750. The molecule has 5 heteroatoms. The summed E-state index contributed by atoms with van der Waals surface area (Å²) in [6.07, 6.45) is 5.72. The molecule has 1 aromatic carbocycles. The van der Waals surface area contributed by atoms with Crippen molar-refractivity contribution in [1.82, 2.24) is 19.7 Å². The Morgan fingerprint density at radius 3 is 2.55 bits per heavy atom. The van der Waals surface area contributed by atoms with Crippen molar-refractivity contribution in [3.63, 3.8) is 0 Å². The molecule has 0 aliphatic carbocycles. The van der Waals surface area contributed by atoms with Crippen molar-refractivity contribution in [2.75, 3.05) is 0 Å². The molecule has 0 radical (unpaired) electrons. The average molecular weight is 264 g/mol. The molecule has 2 aromatic heterocycles. The molecule has 0 fully saturated rings. The molecular weight excluding hydrogens is 252 g/mol. The van der Waals surface area contributed by atoms with Gasteiger partial charge in [0.25, 0.3) is 0 Å². The lowest BCUT2D eigenvalue weighted by Crippen LogP contribution is -2.00. The Morgan fingerprint density at radius 2 is 1.85 bits per heavy atom. The topological polar surface area (TPSA) is 60.7 Å². The van der Waals surface area contributed by atoms with Gasteiger partial charge in [0.2, 0.25) is 5.95 Å². The van der Waals surface area contributed by atoms with Crippen LogP contribution in [0.3, 0.4) is 0 Å². The minimum Gasteiger partial charge on any atom is -0.298 e. The van der Waals surface area contributed by atoms with Gasteiger partial charge in [-0.25, -0.2) is 14.6 Å². The highest BCUT2D eigenvalue weighted by Gasteiger charge is 2.13. The van der Waals surface area contributed by atoms with Crippen molar-refractivity contribution in [3.8, 4) is 17.2 Å². The van der Waals surface area contributed by atoms with E-state index in [1.54, 1.807) is 24.7 Å². The number of carbonyl (C=O) groups is 1. The Labute approximate surface area is 115 Å². The van der Waals surface area contributed by atoms with E-state index in [-0.39, 0.29) is 0 Å². The highest BCUT2D eigenvalue weighted by atomic mass is 16.1. The summed E-state index contributed by atoms with van der Waals surface area (Å²) < 4.78 is 1.52.